The van der Waals surface area contributed by atoms with E-state index in [0.29, 0.717) is 0 Å². The number of rotatable bonds is 1. The molecule has 0 heterocycles. The molecule has 0 aliphatic carbocycles. The van der Waals surface area contributed by atoms with Crippen molar-refractivity contribution < 1.29 is 12.3 Å². The van der Waals surface area contributed by atoms with Gasteiger partial charge in [0.2, 0.25) is 0 Å². The van der Waals surface area contributed by atoms with Gasteiger partial charge in [-0.2, -0.15) is 0 Å². The molecule has 0 saturated carbocycles. The minimum absolute atomic E-state index is 0.237. The molecule has 1 aromatic carbocycles. The van der Waals surface area contributed by atoms with Crippen molar-refractivity contribution in [3.8, 4) is 0 Å². The molecule has 1 aromatic rings. The molecule has 1 rings (SSSR count). The Morgan fingerprint density at radius 1 is 0.900 bits per heavy atom. The van der Waals surface area contributed by atoms with E-state index >= 15 is 0 Å². The van der Waals surface area contributed by atoms with Crippen molar-refractivity contribution in [1.29, 1.82) is 0 Å². The van der Waals surface area contributed by atoms with Crippen molar-refractivity contribution in [2.75, 3.05) is 0 Å². The molecule has 0 aliphatic rings. The Morgan fingerprint density at radius 3 is 1.70 bits per heavy atom. The van der Waals surface area contributed by atoms with E-state index in [1.165, 1.54) is 12.1 Å². The third-order valence-corrected chi connectivity index (χ3v) is 3.18. The molecule has 3 N–H and O–H groups in total. The SMILES string of the molecule is O[As](O)(O)c1ccccc1. The van der Waals surface area contributed by atoms with Gasteiger partial charge >= 0.3 is 61.5 Å². The first kappa shape index (κ1) is 7.76. The van der Waals surface area contributed by atoms with Crippen molar-refractivity contribution >= 4 is 18.9 Å². The summed E-state index contributed by atoms with van der Waals surface area (Å²) in [7, 11) is 0. The van der Waals surface area contributed by atoms with E-state index in [2.05, 4.69) is 0 Å². The molecule has 0 atom stereocenters. The maximum absolute atomic E-state index is 8.77. The predicted octanol–water partition coefficient (Wildman–Crippen LogP) is -1.19. The quantitative estimate of drug-likeness (QED) is 0.503. The van der Waals surface area contributed by atoms with E-state index in [9.17, 15) is 0 Å². The molecule has 0 saturated heterocycles. The van der Waals surface area contributed by atoms with Gasteiger partial charge in [0.25, 0.3) is 0 Å². The summed E-state index contributed by atoms with van der Waals surface area (Å²) in [5.41, 5.74) is 0. The van der Waals surface area contributed by atoms with Crippen molar-refractivity contribution in [3.05, 3.63) is 30.3 Å². The molecule has 3 nitrogen and oxygen atoms in total. The topological polar surface area (TPSA) is 60.7 Å². The van der Waals surface area contributed by atoms with Crippen LogP contribution in [0.1, 0.15) is 0 Å². The molecule has 0 unspecified atom stereocenters. The monoisotopic (exact) mass is 203 g/mol. The fraction of sp³-hybridized carbons (Fsp3) is 0. The second-order valence-electron chi connectivity index (χ2n) is 1.90. The van der Waals surface area contributed by atoms with Crippen LogP contribution < -0.4 is 4.35 Å². The number of hydrogen-bond acceptors (Lipinski definition) is 3. The van der Waals surface area contributed by atoms with Crippen molar-refractivity contribution in [3.63, 3.8) is 0 Å². The first-order valence-electron chi connectivity index (χ1n) is 2.73. The molecule has 0 amide bonds. The molecular weight excluding hydrogens is 195 g/mol. The predicted molar refractivity (Wildman–Crippen MR) is 38.5 cm³/mol. The van der Waals surface area contributed by atoms with Gasteiger partial charge < -0.3 is 0 Å². The molecule has 10 heavy (non-hydrogen) atoms. The van der Waals surface area contributed by atoms with Gasteiger partial charge in [0, 0.05) is 0 Å². The zero-order valence-corrected chi connectivity index (χ0v) is 7.05. The fourth-order valence-corrected chi connectivity index (χ4v) is 1.83. The van der Waals surface area contributed by atoms with Gasteiger partial charge in [-0.25, -0.2) is 0 Å². The second kappa shape index (κ2) is 2.72. The zero-order valence-electron chi connectivity index (χ0n) is 5.18. The fourth-order valence-electron chi connectivity index (χ4n) is 0.628. The van der Waals surface area contributed by atoms with E-state index in [-0.39, 0.29) is 4.35 Å². The van der Waals surface area contributed by atoms with Gasteiger partial charge in [0.1, 0.15) is 0 Å². The van der Waals surface area contributed by atoms with E-state index in [4.69, 9.17) is 12.3 Å². The van der Waals surface area contributed by atoms with Crippen molar-refractivity contribution in [2.45, 2.75) is 0 Å². The molecule has 0 spiro atoms. The van der Waals surface area contributed by atoms with Crippen molar-refractivity contribution in [1.82, 2.24) is 0 Å². The van der Waals surface area contributed by atoms with E-state index in [0.717, 1.165) is 0 Å². The van der Waals surface area contributed by atoms with E-state index in [1.54, 1.807) is 18.2 Å². The van der Waals surface area contributed by atoms with E-state index < -0.39 is 14.6 Å². The number of hydrogen-bond donors (Lipinski definition) is 3. The maximum atomic E-state index is 8.77. The first-order valence-corrected chi connectivity index (χ1v) is 6.19. The summed E-state index contributed by atoms with van der Waals surface area (Å²) < 4.78 is 26.6. The molecule has 0 bridgehead atoms. The minimum atomic E-state index is -4.35. The summed E-state index contributed by atoms with van der Waals surface area (Å²) in [6.07, 6.45) is 0. The van der Waals surface area contributed by atoms with Gasteiger partial charge in [-0.3, -0.25) is 0 Å². The first-order chi connectivity index (χ1) is 4.61. The Morgan fingerprint density at radius 2 is 1.40 bits per heavy atom. The third kappa shape index (κ3) is 1.82. The standard InChI is InChI=1S/C6H8AsO3/c8-7(9,10)6-4-2-1-3-5-6/h1-5,8-10H. The average Bonchev–Trinajstić information content (AvgIpc) is 1.88. The average molecular weight is 203 g/mol. The van der Waals surface area contributed by atoms with Crippen LogP contribution in [0.4, 0.5) is 0 Å². The molecular formula is C6H8AsO3. The van der Waals surface area contributed by atoms with Gasteiger partial charge in [-0.05, 0) is 0 Å². The third-order valence-electron chi connectivity index (χ3n) is 1.10. The van der Waals surface area contributed by atoms with Crippen LogP contribution in [0.15, 0.2) is 30.3 Å². The Hall–Kier alpha value is -0.342. The second-order valence-corrected chi connectivity index (χ2v) is 5.37. The molecule has 0 aromatic heterocycles. The van der Waals surface area contributed by atoms with Crippen LogP contribution in [0, 0.1) is 0 Å². The van der Waals surface area contributed by atoms with Crippen LogP contribution in [0.3, 0.4) is 0 Å². The van der Waals surface area contributed by atoms with Gasteiger partial charge in [0.05, 0.1) is 0 Å². The Balaban J connectivity index is 2.97. The normalized spacial score (nSPS) is 11.5. The van der Waals surface area contributed by atoms with Crippen LogP contribution in [0.25, 0.3) is 0 Å². The van der Waals surface area contributed by atoms with Crippen LogP contribution in [0.5, 0.6) is 0 Å². The molecule has 55 valence electrons. The summed E-state index contributed by atoms with van der Waals surface area (Å²) in [4.78, 5) is 0. The van der Waals surface area contributed by atoms with Crippen LogP contribution >= 0.6 is 0 Å². The van der Waals surface area contributed by atoms with Gasteiger partial charge in [-0.1, -0.05) is 0 Å². The van der Waals surface area contributed by atoms with Crippen LogP contribution in [-0.2, 0) is 0 Å². The van der Waals surface area contributed by atoms with Gasteiger partial charge in [-0.15, -0.1) is 0 Å². The number of benzene rings is 1. The summed E-state index contributed by atoms with van der Waals surface area (Å²) in [5, 5.41) is 0. The molecule has 0 aliphatic heterocycles. The summed E-state index contributed by atoms with van der Waals surface area (Å²) in [6, 6.07) is 8.02. The van der Waals surface area contributed by atoms with Gasteiger partial charge in [0.15, 0.2) is 0 Å². The zero-order chi connectivity index (χ0) is 7.61. The van der Waals surface area contributed by atoms with Crippen LogP contribution in [-0.4, -0.2) is 26.9 Å². The van der Waals surface area contributed by atoms with Crippen molar-refractivity contribution in [2.24, 2.45) is 0 Å². The summed E-state index contributed by atoms with van der Waals surface area (Å²) in [6.45, 7) is 0. The molecule has 1 radical (unpaired) electrons. The summed E-state index contributed by atoms with van der Waals surface area (Å²) >= 11 is -4.35. The van der Waals surface area contributed by atoms with Crippen LogP contribution in [0.2, 0.25) is 0 Å². The summed E-state index contributed by atoms with van der Waals surface area (Å²) in [5.74, 6) is 0. The molecule has 0 fully saturated rings. The Kier molecular flexibility index (Phi) is 2.11. The Labute approximate surface area is 62.1 Å². The Bertz CT molecular complexity index is 204. The molecule has 4 heteroatoms. The van der Waals surface area contributed by atoms with E-state index in [1.807, 2.05) is 0 Å².